The second kappa shape index (κ2) is 9.20. The van der Waals surface area contributed by atoms with E-state index < -0.39 is 0 Å². The predicted octanol–water partition coefficient (Wildman–Crippen LogP) is 5.04. The number of halogens is 1. The van der Waals surface area contributed by atoms with Crippen molar-refractivity contribution in [3.8, 4) is 11.8 Å². The summed E-state index contributed by atoms with van der Waals surface area (Å²) >= 11 is 0. The number of hydrogen-bond acceptors (Lipinski definition) is 3. The van der Waals surface area contributed by atoms with Crippen molar-refractivity contribution in [1.29, 1.82) is 0 Å². The molecule has 0 fully saturated rings. The highest BCUT2D eigenvalue weighted by Crippen LogP contribution is 2.13. The zero-order chi connectivity index (χ0) is 20.7. The molecule has 5 heteroatoms. The van der Waals surface area contributed by atoms with E-state index in [0.717, 1.165) is 16.8 Å². The van der Waals surface area contributed by atoms with Crippen LogP contribution in [-0.4, -0.2) is 15.3 Å². The second-order valence-corrected chi connectivity index (χ2v) is 7.72. The van der Waals surface area contributed by atoms with Gasteiger partial charge >= 0.3 is 0 Å². The van der Waals surface area contributed by atoms with Gasteiger partial charge in [-0.25, -0.2) is 9.37 Å². The van der Waals surface area contributed by atoms with Crippen LogP contribution < -0.4 is 0 Å². The summed E-state index contributed by atoms with van der Waals surface area (Å²) in [6.45, 7) is 6.80. The normalized spacial score (nSPS) is 11.7. The maximum Gasteiger partial charge on any atom is 0.145 e. The lowest BCUT2D eigenvalue weighted by molar-refractivity contribution is 0.127. The molecule has 4 nitrogen and oxygen atoms in total. The smallest absolute Gasteiger partial charge is 0.145 e. The number of aromatic nitrogens is 2. The van der Waals surface area contributed by atoms with E-state index in [1.807, 2.05) is 35.0 Å². The molecule has 0 amide bonds. The summed E-state index contributed by atoms with van der Waals surface area (Å²) < 4.78 is 15.7. The van der Waals surface area contributed by atoms with Crippen LogP contribution in [0.2, 0.25) is 0 Å². The maximum atomic E-state index is 13.8. The van der Waals surface area contributed by atoms with Crippen molar-refractivity contribution in [2.45, 2.75) is 33.9 Å². The molecule has 0 bridgehead atoms. The molecule has 1 heterocycles. The largest absolute Gasteiger partial charge is 0.391 e. The fourth-order valence-electron chi connectivity index (χ4n) is 2.53. The van der Waals surface area contributed by atoms with Crippen LogP contribution in [-0.2, 0) is 18.0 Å². The lowest BCUT2D eigenvalue weighted by Gasteiger charge is -2.09. The molecule has 148 valence electrons. The van der Waals surface area contributed by atoms with Crippen LogP contribution >= 0.6 is 0 Å². The van der Waals surface area contributed by atoms with Gasteiger partial charge in [0.2, 0.25) is 0 Å². The Morgan fingerprint density at radius 1 is 1.14 bits per heavy atom. The van der Waals surface area contributed by atoms with Gasteiger partial charge in [0.1, 0.15) is 18.1 Å². The van der Waals surface area contributed by atoms with E-state index in [9.17, 15) is 4.39 Å². The first-order chi connectivity index (χ1) is 13.9. The molecule has 3 rings (SSSR count). The van der Waals surface area contributed by atoms with Crippen molar-refractivity contribution < 1.29 is 9.23 Å². The van der Waals surface area contributed by atoms with E-state index in [1.165, 1.54) is 6.07 Å². The van der Waals surface area contributed by atoms with E-state index in [0.29, 0.717) is 12.1 Å². The average Bonchev–Trinajstić information content (AvgIpc) is 3.20. The van der Waals surface area contributed by atoms with Crippen molar-refractivity contribution in [2.24, 2.45) is 10.6 Å². The highest BCUT2D eigenvalue weighted by molar-refractivity contribution is 6.00. The number of nitrogens with zero attached hydrogens (tertiary/aromatic N) is 3. The molecule has 2 aromatic carbocycles. The molecular weight excluding hydrogens is 365 g/mol. The Morgan fingerprint density at radius 2 is 1.90 bits per heavy atom. The molecular formula is C24H24FN3O. The van der Waals surface area contributed by atoms with E-state index in [4.69, 9.17) is 4.84 Å². The summed E-state index contributed by atoms with van der Waals surface area (Å²) in [5.74, 6) is 6.11. The highest BCUT2D eigenvalue weighted by atomic mass is 19.1. The molecule has 0 radical (unpaired) electrons. The fourth-order valence-corrected chi connectivity index (χ4v) is 2.53. The zero-order valence-electron chi connectivity index (χ0n) is 16.9. The van der Waals surface area contributed by atoms with E-state index in [1.54, 1.807) is 30.7 Å². The number of oxime groups is 1. The molecule has 1 aromatic heterocycles. The topological polar surface area (TPSA) is 39.4 Å². The van der Waals surface area contributed by atoms with Gasteiger partial charge in [-0.1, -0.05) is 47.3 Å². The van der Waals surface area contributed by atoms with Crippen LogP contribution in [0.5, 0.6) is 0 Å². The van der Waals surface area contributed by atoms with Crippen molar-refractivity contribution in [2.75, 3.05) is 0 Å². The Labute approximate surface area is 171 Å². The summed E-state index contributed by atoms with van der Waals surface area (Å²) in [4.78, 5) is 9.54. The minimum atomic E-state index is -0.305. The first-order valence-electron chi connectivity index (χ1n) is 9.42. The Kier molecular flexibility index (Phi) is 6.46. The molecule has 0 aliphatic carbocycles. The number of benzene rings is 2. The van der Waals surface area contributed by atoms with Gasteiger partial charge in [0.25, 0.3) is 0 Å². The van der Waals surface area contributed by atoms with E-state index >= 15 is 0 Å². The van der Waals surface area contributed by atoms with Crippen molar-refractivity contribution in [3.63, 3.8) is 0 Å². The van der Waals surface area contributed by atoms with Crippen molar-refractivity contribution >= 4 is 5.71 Å². The van der Waals surface area contributed by atoms with Crippen LogP contribution in [0, 0.1) is 23.1 Å². The van der Waals surface area contributed by atoms with Gasteiger partial charge in [0.15, 0.2) is 0 Å². The Morgan fingerprint density at radius 3 is 2.55 bits per heavy atom. The number of hydrogen-bond donors (Lipinski definition) is 0. The highest BCUT2D eigenvalue weighted by Gasteiger charge is 2.08. The molecule has 3 aromatic rings. The predicted molar refractivity (Wildman–Crippen MR) is 113 cm³/mol. The quantitative estimate of drug-likeness (QED) is 0.337. The van der Waals surface area contributed by atoms with E-state index in [2.05, 4.69) is 42.8 Å². The summed E-state index contributed by atoms with van der Waals surface area (Å²) in [7, 11) is 0. The Balaban J connectivity index is 1.79. The maximum absolute atomic E-state index is 13.8. The molecule has 0 aliphatic heterocycles. The van der Waals surface area contributed by atoms with Crippen LogP contribution in [0.3, 0.4) is 0 Å². The third kappa shape index (κ3) is 6.32. The third-order valence-corrected chi connectivity index (χ3v) is 4.04. The summed E-state index contributed by atoms with van der Waals surface area (Å²) in [5.41, 5.74) is 2.99. The van der Waals surface area contributed by atoms with Gasteiger partial charge in [-0.05, 0) is 39.0 Å². The SMILES string of the molecule is CC(C)(C)C#Cc1ccc(/C(Cn2ccnc2)=N/OCc2ccccc2F)cc1. The molecule has 0 atom stereocenters. The zero-order valence-corrected chi connectivity index (χ0v) is 16.9. The molecule has 0 spiro atoms. The Bertz CT molecular complexity index is 1020. The average molecular weight is 389 g/mol. The molecule has 0 unspecified atom stereocenters. The lowest BCUT2D eigenvalue weighted by Crippen LogP contribution is -2.11. The van der Waals surface area contributed by atoms with Crippen LogP contribution in [0.15, 0.2) is 72.4 Å². The van der Waals surface area contributed by atoms with Gasteiger partial charge in [0, 0.05) is 34.5 Å². The minimum absolute atomic E-state index is 0.0483. The lowest BCUT2D eigenvalue weighted by atomic mass is 9.97. The van der Waals surface area contributed by atoms with Gasteiger partial charge < -0.3 is 9.40 Å². The number of rotatable bonds is 6. The standard InChI is InChI=1S/C24H24FN3O/c1-24(2,3)13-12-19-8-10-20(11-9-19)23(16-28-15-14-26-18-28)27-29-17-21-6-4-5-7-22(21)25/h4-11,14-15,18H,16-17H2,1-3H3/b27-23+. The van der Waals surface area contributed by atoms with Gasteiger partial charge in [-0.2, -0.15) is 0 Å². The Hall–Kier alpha value is -3.39. The molecule has 0 aliphatic rings. The first kappa shape index (κ1) is 20.3. The van der Waals surface area contributed by atoms with Crippen molar-refractivity contribution in [1.82, 2.24) is 9.55 Å². The summed E-state index contributed by atoms with van der Waals surface area (Å²) in [5, 5.41) is 4.29. The number of imidazole rings is 1. The second-order valence-electron chi connectivity index (χ2n) is 7.72. The van der Waals surface area contributed by atoms with Crippen LogP contribution in [0.4, 0.5) is 4.39 Å². The molecule has 0 N–H and O–H groups in total. The third-order valence-electron chi connectivity index (χ3n) is 4.04. The monoisotopic (exact) mass is 389 g/mol. The van der Waals surface area contributed by atoms with Crippen LogP contribution in [0.25, 0.3) is 0 Å². The van der Waals surface area contributed by atoms with Gasteiger partial charge in [-0.3, -0.25) is 0 Å². The first-order valence-corrected chi connectivity index (χ1v) is 9.42. The fraction of sp³-hybridized carbons (Fsp3) is 0.250. The van der Waals surface area contributed by atoms with E-state index in [-0.39, 0.29) is 17.8 Å². The summed E-state index contributed by atoms with van der Waals surface area (Å²) in [6.07, 6.45) is 5.29. The molecule has 29 heavy (non-hydrogen) atoms. The summed E-state index contributed by atoms with van der Waals surface area (Å²) in [6, 6.07) is 14.4. The molecule has 0 saturated carbocycles. The minimum Gasteiger partial charge on any atom is -0.391 e. The van der Waals surface area contributed by atoms with Gasteiger partial charge in [-0.15, -0.1) is 0 Å². The van der Waals surface area contributed by atoms with Crippen molar-refractivity contribution in [3.05, 3.63) is 89.8 Å². The van der Waals surface area contributed by atoms with Crippen LogP contribution in [0.1, 0.15) is 37.5 Å². The van der Waals surface area contributed by atoms with Gasteiger partial charge in [0.05, 0.1) is 12.9 Å². The molecule has 0 saturated heterocycles.